The normalized spacial score (nSPS) is 17.1. The molecule has 254 valence electrons. The van der Waals surface area contributed by atoms with E-state index in [1.807, 2.05) is 0 Å². The third-order valence-corrected chi connectivity index (χ3v) is 12.4. The van der Waals surface area contributed by atoms with Gasteiger partial charge in [0, 0.05) is 49.4 Å². The molecule has 0 bridgehead atoms. The highest BCUT2D eigenvalue weighted by atomic mass is 15.0. The molecule has 3 aliphatic rings. The van der Waals surface area contributed by atoms with Crippen LogP contribution in [0.25, 0.3) is 72.9 Å². The van der Waals surface area contributed by atoms with Crippen LogP contribution >= 0.6 is 0 Å². The van der Waals surface area contributed by atoms with Gasteiger partial charge >= 0.3 is 0 Å². The van der Waals surface area contributed by atoms with E-state index in [4.69, 9.17) is 0 Å². The van der Waals surface area contributed by atoms with Gasteiger partial charge in [-0.3, -0.25) is 0 Å². The van der Waals surface area contributed by atoms with E-state index in [0.29, 0.717) is 5.92 Å². The van der Waals surface area contributed by atoms with Crippen LogP contribution in [0.1, 0.15) is 61.3 Å². The molecule has 0 N–H and O–H groups in total. The molecule has 0 aliphatic heterocycles. The summed E-state index contributed by atoms with van der Waals surface area (Å²) < 4.78 is 5.00. The Morgan fingerprint density at radius 1 is 0.566 bits per heavy atom. The fourth-order valence-corrected chi connectivity index (χ4v) is 9.76. The zero-order valence-electron chi connectivity index (χ0n) is 30.2. The predicted octanol–water partition coefficient (Wildman–Crippen LogP) is 11.5. The summed E-state index contributed by atoms with van der Waals surface area (Å²) in [5.74, 6) is 0.303. The molecule has 2 heterocycles. The fourth-order valence-electron chi connectivity index (χ4n) is 9.76. The standard InChI is InChI=1S/C51H40N2/c1-51(2)45-17-9-6-14-39(45)42-32-38(26-27-46(42)51)53-48-19-11-8-16-41(48)44-31-36(23-29-50(44)53)35-22-28-49-43(30-35)40-15-7-10-18-47(40)52(49)37-24-20-34(21-25-37)33-12-4-3-5-13-33/h3-20,23-24,26-32,35H,21-22,25H2,1-2H3. The van der Waals surface area contributed by atoms with Crippen LogP contribution in [0.5, 0.6) is 0 Å². The second-order valence-electron chi connectivity index (χ2n) is 15.6. The van der Waals surface area contributed by atoms with Gasteiger partial charge in [0.2, 0.25) is 0 Å². The van der Waals surface area contributed by atoms with E-state index in [1.54, 1.807) is 0 Å². The Hall–Kier alpha value is -6.12. The van der Waals surface area contributed by atoms with Crippen LogP contribution in [0, 0.1) is 0 Å². The Morgan fingerprint density at radius 3 is 2.11 bits per heavy atom. The molecule has 1 atom stereocenters. The van der Waals surface area contributed by atoms with Crippen molar-refractivity contribution in [1.82, 2.24) is 9.13 Å². The van der Waals surface area contributed by atoms with Gasteiger partial charge in [0.25, 0.3) is 0 Å². The summed E-state index contributed by atoms with van der Waals surface area (Å²) in [6.07, 6.45) is 12.8. The molecule has 1 unspecified atom stereocenters. The van der Waals surface area contributed by atoms with Crippen LogP contribution in [0.3, 0.4) is 0 Å². The van der Waals surface area contributed by atoms with E-state index in [1.165, 1.54) is 93.6 Å². The molecule has 6 aromatic carbocycles. The lowest BCUT2D eigenvalue weighted by atomic mass is 9.82. The molecular weight excluding hydrogens is 641 g/mol. The maximum Gasteiger partial charge on any atom is 0.0541 e. The summed E-state index contributed by atoms with van der Waals surface area (Å²) >= 11 is 0. The zero-order chi connectivity index (χ0) is 35.3. The Kier molecular flexibility index (Phi) is 6.58. The third kappa shape index (κ3) is 4.51. The van der Waals surface area contributed by atoms with Gasteiger partial charge in [-0.2, -0.15) is 0 Å². The van der Waals surface area contributed by atoms with Crippen molar-refractivity contribution < 1.29 is 0 Å². The average Bonchev–Trinajstić information content (AvgIpc) is 3.81. The fraction of sp³-hybridized carbons (Fsp3) is 0.137. The van der Waals surface area contributed by atoms with Crippen molar-refractivity contribution >= 4 is 56.1 Å². The molecule has 0 spiro atoms. The first kappa shape index (κ1) is 30.5. The minimum absolute atomic E-state index is 0.00381. The average molecular weight is 681 g/mol. The van der Waals surface area contributed by atoms with E-state index < -0.39 is 0 Å². The van der Waals surface area contributed by atoms with Crippen molar-refractivity contribution in [2.24, 2.45) is 0 Å². The lowest BCUT2D eigenvalue weighted by molar-refractivity contribution is 0.660. The summed E-state index contributed by atoms with van der Waals surface area (Å²) in [6.45, 7) is 4.71. The van der Waals surface area contributed by atoms with E-state index in [9.17, 15) is 0 Å². The van der Waals surface area contributed by atoms with E-state index >= 15 is 0 Å². The van der Waals surface area contributed by atoms with Crippen molar-refractivity contribution in [3.8, 4) is 16.8 Å². The molecule has 0 radical (unpaired) electrons. The van der Waals surface area contributed by atoms with Crippen molar-refractivity contribution in [1.29, 1.82) is 0 Å². The molecule has 2 aromatic heterocycles. The summed E-state index contributed by atoms with van der Waals surface area (Å²) in [6, 6.07) is 52.0. The molecule has 0 amide bonds. The highest BCUT2D eigenvalue weighted by Crippen LogP contribution is 2.49. The largest absolute Gasteiger partial charge is 0.313 e. The molecule has 8 aromatic rings. The van der Waals surface area contributed by atoms with Gasteiger partial charge in [-0.1, -0.05) is 135 Å². The summed E-state index contributed by atoms with van der Waals surface area (Å²) in [4.78, 5) is 0. The molecule has 2 nitrogen and oxygen atoms in total. The Morgan fingerprint density at radius 2 is 1.28 bits per heavy atom. The molecule has 0 fully saturated rings. The van der Waals surface area contributed by atoms with Crippen LogP contribution in [0.15, 0.2) is 152 Å². The van der Waals surface area contributed by atoms with E-state index in [-0.39, 0.29) is 5.41 Å². The number of hydrogen-bond acceptors (Lipinski definition) is 0. The number of benzene rings is 6. The minimum Gasteiger partial charge on any atom is -0.313 e. The molecule has 2 heteroatoms. The number of allylic oxidation sites excluding steroid dienone is 4. The zero-order valence-corrected chi connectivity index (χ0v) is 30.2. The van der Waals surface area contributed by atoms with Gasteiger partial charge in [-0.15, -0.1) is 0 Å². The number of para-hydroxylation sites is 2. The molecular formula is C51H40N2. The number of hydrogen-bond donors (Lipinski definition) is 0. The van der Waals surface area contributed by atoms with Gasteiger partial charge in [0.1, 0.15) is 0 Å². The Balaban J connectivity index is 1.02. The van der Waals surface area contributed by atoms with Crippen LogP contribution in [0.2, 0.25) is 0 Å². The van der Waals surface area contributed by atoms with Crippen molar-refractivity contribution in [3.05, 3.63) is 185 Å². The number of nitrogens with zero attached hydrogens (tertiary/aromatic N) is 2. The lowest BCUT2D eigenvalue weighted by Gasteiger charge is -2.21. The van der Waals surface area contributed by atoms with Crippen molar-refractivity contribution in [2.45, 2.75) is 44.4 Å². The minimum atomic E-state index is -0.00381. The Labute approximate surface area is 310 Å². The molecule has 3 aliphatic carbocycles. The van der Waals surface area contributed by atoms with Crippen molar-refractivity contribution in [3.63, 3.8) is 0 Å². The van der Waals surface area contributed by atoms with Gasteiger partial charge in [-0.25, -0.2) is 0 Å². The highest BCUT2D eigenvalue weighted by Gasteiger charge is 2.35. The maximum atomic E-state index is 2.54. The van der Waals surface area contributed by atoms with E-state index in [0.717, 1.165) is 19.3 Å². The quantitative estimate of drug-likeness (QED) is 0.175. The highest BCUT2D eigenvalue weighted by molar-refractivity contribution is 6.09. The second-order valence-corrected chi connectivity index (χ2v) is 15.6. The van der Waals surface area contributed by atoms with Crippen LogP contribution in [0.4, 0.5) is 0 Å². The number of fused-ring (bicyclic) bond motifs is 9. The maximum absolute atomic E-state index is 2.54. The van der Waals surface area contributed by atoms with Crippen molar-refractivity contribution in [2.75, 3.05) is 0 Å². The molecule has 11 rings (SSSR count). The first-order valence-electron chi connectivity index (χ1n) is 19.1. The SMILES string of the molecule is CC1(C)c2ccccc2-c2cc(-n3c4ccccc4c4cc(C5C=c6c(n(C7=CC=C(c8ccccc8)CC7)c7ccccc67)=CC5)ccc43)ccc21. The first-order valence-corrected chi connectivity index (χ1v) is 19.1. The summed E-state index contributed by atoms with van der Waals surface area (Å²) in [5.41, 5.74) is 16.0. The van der Waals surface area contributed by atoms with Gasteiger partial charge < -0.3 is 9.13 Å². The van der Waals surface area contributed by atoms with Crippen LogP contribution < -0.4 is 10.6 Å². The predicted molar refractivity (Wildman–Crippen MR) is 224 cm³/mol. The van der Waals surface area contributed by atoms with Crippen LogP contribution in [-0.4, -0.2) is 9.13 Å². The van der Waals surface area contributed by atoms with E-state index in [2.05, 4.69) is 187 Å². The first-order chi connectivity index (χ1) is 26.0. The number of aromatic nitrogens is 2. The van der Waals surface area contributed by atoms with Gasteiger partial charge in [-0.05, 0) is 101 Å². The van der Waals surface area contributed by atoms with Gasteiger partial charge in [0.05, 0.1) is 16.6 Å². The molecule has 53 heavy (non-hydrogen) atoms. The number of rotatable bonds is 4. The monoisotopic (exact) mass is 680 g/mol. The Bertz CT molecular complexity index is 3000. The van der Waals surface area contributed by atoms with Gasteiger partial charge in [0.15, 0.2) is 0 Å². The topological polar surface area (TPSA) is 9.86 Å². The summed E-state index contributed by atoms with van der Waals surface area (Å²) in [5, 5.41) is 6.65. The van der Waals surface area contributed by atoms with Crippen LogP contribution in [-0.2, 0) is 5.41 Å². The molecule has 0 saturated heterocycles. The summed E-state index contributed by atoms with van der Waals surface area (Å²) in [7, 11) is 0. The lowest BCUT2D eigenvalue weighted by Crippen LogP contribution is -2.32. The second kappa shape index (κ2) is 11.4. The third-order valence-electron chi connectivity index (χ3n) is 12.4. The molecule has 0 saturated carbocycles. The smallest absolute Gasteiger partial charge is 0.0541 e.